The Morgan fingerprint density at radius 3 is 2.33 bits per heavy atom. The van der Waals surface area contributed by atoms with Gasteiger partial charge in [-0.3, -0.25) is 9.69 Å². The number of rotatable bonds is 5. The van der Waals surface area contributed by atoms with Crippen molar-refractivity contribution in [2.45, 2.75) is 25.0 Å². The van der Waals surface area contributed by atoms with Gasteiger partial charge in [-0.15, -0.1) is 0 Å². The molecule has 2 aliphatic heterocycles. The van der Waals surface area contributed by atoms with Crippen LogP contribution in [0.25, 0.3) is 0 Å². The van der Waals surface area contributed by atoms with Crippen molar-refractivity contribution in [2.75, 3.05) is 39.3 Å². The average Bonchev–Trinajstić information content (AvgIpc) is 2.61. The van der Waals surface area contributed by atoms with E-state index in [1.165, 1.54) is 16.4 Å². The predicted molar refractivity (Wildman–Crippen MR) is 97.1 cm³/mol. The van der Waals surface area contributed by atoms with Crippen LogP contribution in [-0.4, -0.2) is 78.4 Å². The second kappa shape index (κ2) is 7.80. The fraction of sp³-hybridized carbons (Fsp3) is 0.588. The summed E-state index contributed by atoms with van der Waals surface area (Å²) < 4.78 is 37.0. The summed E-state index contributed by atoms with van der Waals surface area (Å²) in [6, 6.07) is 5.95. The number of aliphatic hydroxyl groups is 1. The summed E-state index contributed by atoms with van der Waals surface area (Å²) >= 11 is 0. The minimum atomic E-state index is -3.71. The molecule has 0 bridgehead atoms. The van der Waals surface area contributed by atoms with Crippen molar-refractivity contribution in [3.8, 4) is 0 Å². The van der Waals surface area contributed by atoms with E-state index in [4.69, 9.17) is 5.14 Å². The van der Waals surface area contributed by atoms with E-state index in [1.807, 2.05) is 4.90 Å². The van der Waals surface area contributed by atoms with Gasteiger partial charge in [-0.05, 0) is 30.5 Å². The number of benzene rings is 1. The Hall–Kier alpha value is -1.59. The average molecular weight is 400 g/mol. The third-order valence-electron chi connectivity index (χ3n) is 5.17. The monoisotopic (exact) mass is 400 g/mol. The van der Waals surface area contributed by atoms with Crippen molar-refractivity contribution in [2.24, 2.45) is 5.14 Å². The van der Waals surface area contributed by atoms with Gasteiger partial charge in [0.05, 0.1) is 0 Å². The first kappa shape index (κ1) is 20.2. The van der Waals surface area contributed by atoms with Crippen LogP contribution in [-0.2, 0) is 21.5 Å². The van der Waals surface area contributed by atoms with Gasteiger partial charge in [-0.25, -0.2) is 9.53 Å². The maximum atomic E-state index is 13.1. The quantitative estimate of drug-likeness (QED) is 0.693. The van der Waals surface area contributed by atoms with E-state index in [-0.39, 0.29) is 31.4 Å². The first-order valence-corrected chi connectivity index (χ1v) is 10.4. The van der Waals surface area contributed by atoms with Crippen molar-refractivity contribution in [1.82, 2.24) is 14.1 Å². The zero-order chi connectivity index (χ0) is 19.7. The summed E-state index contributed by atoms with van der Waals surface area (Å²) in [6.45, 7) is 2.31. The Kier molecular flexibility index (Phi) is 5.82. The van der Waals surface area contributed by atoms with Crippen LogP contribution in [0.1, 0.15) is 18.4 Å². The van der Waals surface area contributed by atoms with Crippen LogP contribution in [0.4, 0.5) is 4.39 Å². The highest BCUT2D eigenvalue weighted by atomic mass is 32.2. The van der Waals surface area contributed by atoms with Crippen molar-refractivity contribution in [3.63, 3.8) is 0 Å². The zero-order valence-corrected chi connectivity index (χ0v) is 15.9. The second-order valence-corrected chi connectivity index (χ2v) is 8.75. The highest BCUT2D eigenvalue weighted by molar-refractivity contribution is 7.86. The van der Waals surface area contributed by atoms with Crippen LogP contribution in [0.2, 0.25) is 0 Å². The molecule has 2 aliphatic rings. The molecule has 0 radical (unpaired) electrons. The number of likely N-dealkylation sites (tertiary alicyclic amines) is 1. The predicted octanol–water partition coefficient (Wildman–Crippen LogP) is -0.500. The molecule has 1 aromatic carbocycles. The van der Waals surface area contributed by atoms with Gasteiger partial charge in [0.25, 0.3) is 16.1 Å². The molecule has 8 nitrogen and oxygen atoms in total. The van der Waals surface area contributed by atoms with Crippen LogP contribution in [0.3, 0.4) is 0 Å². The van der Waals surface area contributed by atoms with Crippen molar-refractivity contribution in [1.29, 1.82) is 0 Å². The number of hydrogen-bond acceptors (Lipinski definition) is 5. The van der Waals surface area contributed by atoms with Gasteiger partial charge in [0.15, 0.2) is 5.60 Å². The first-order valence-electron chi connectivity index (χ1n) is 8.94. The SMILES string of the molecule is NS(=O)(=O)N1CCN(C[C@]2(O)CCCN(Cc3ccc(F)cc3)C2=O)CC1. The Balaban J connectivity index is 1.61. The van der Waals surface area contributed by atoms with Gasteiger partial charge < -0.3 is 10.0 Å². The van der Waals surface area contributed by atoms with E-state index < -0.39 is 15.8 Å². The summed E-state index contributed by atoms with van der Waals surface area (Å²) in [5.41, 5.74) is -0.696. The number of nitrogens with two attached hydrogens (primary N) is 1. The van der Waals surface area contributed by atoms with Gasteiger partial charge in [0.1, 0.15) is 5.82 Å². The molecule has 2 heterocycles. The smallest absolute Gasteiger partial charge is 0.276 e. The lowest BCUT2D eigenvalue weighted by molar-refractivity contribution is -0.160. The number of piperazine rings is 1. The number of halogens is 1. The molecule has 150 valence electrons. The van der Waals surface area contributed by atoms with E-state index in [0.29, 0.717) is 39.0 Å². The summed E-state index contributed by atoms with van der Waals surface area (Å²) in [6.07, 6.45) is 1.03. The summed E-state index contributed by atoms with van der Waals surface area (Å²) in [5, 5.41) is 16.1. The third kappa shape index (κ3) is 4.82. The maximum absolute atomic E-state index is 13.1. The third-order valence-corrected chi connectivity index (χ3v) is 6.25. The van der Waals surface area contributed by atoms with E-state index >= 15 is 0 Å². The Morgan fingerprint density at radius 1 is 1.11 bits per heavy atom. The lowest BCUT2D eigenvalue weighted by atomic mass is 9.90. The van der Waals surface area contributed by atoms with Crippen molar-refractivity contribution < 1.29 is 22.7 Å². The molecule has 2 fully saturated rings. The van der Waals surface area contributed by atoms with E-state index in [1.54, 1.807) is 17.0 Å². The number of hydrogen-bond donors (Lipinski definition) is 2. The molecule has 3 N–H and O–H groups in total. The standard InChI is InChI=1S/C17H25FN4O4S/c18-15-4-2-14(3-5-15)12-21-7-1-6-17(24,16(21)23)13-20-8-10-22(11-9-20)27(19,25)26/h2-5,24H,1,6-13H2,(H2,19,25,26)/t17-/m1/s1. The Morgan fingerprint density at radius 2 is 1.74 bits per heavy atom. The molecule has 0 aromatic heterocycles. The number of carbonyl (C=O) groups excluding carboxylic acids is 1. The lowest BCUT2D eigenvalue weighted by Gasteiger charge is -2.42. The normalized spacial score (nSPS) is 25.7. The number of nitrogens with zero attached hydrogens (tertiary/aromatic N) is 3. The van der Waals surface area contributed by atoms with Gasteiger partial charge in [0.2, 0.25) is 0 Å². The summed E-state index contributed by atoms with van der Waals surface area (Å²) in [5.74, 6) is -0.675. The Labute approximate surface area is 158 Å². The van der Waals surface area contributed by atoms with Gasteiger partial charge in [0, 0.05) is 45.8 Å². The molecule has 27 heavy (non-hydrogen) atoms. The molecule has 1 atom stereocenters. The zero-order valence-electron chi connectivity index (χ0n) is 15.1. The minimum absolute atomic E-state index is 0.157. The van der Waals surface area contributed by atoms with Gasteiger partial charge >= 0.3 is 0 Å². The number of amides is 1. The van der Waals surface area contributed by atoms with E-state index in [0.717, 1.165) is 5.56 Å². The fourth-order valence-corrected chi connectivity index (χ4v) is 4.36. The van der Waals surface area contributed by atoms with Gasteiger partial charge in [-0.1, -0.05) is 12.1 Å². The van der Waals surface area contributed by atoms with Crippen molar-refractivity contribution >= 4 is 16.1 Å². The van der Waals surface area contributed by atoms with Crippen LogP contribution in [0.15, 0.2) is 24.3 Å². The molecule has 1 amide bonds. The molecule has 0 unspecified atom stereocenters. The molecule has 3 rings (SSSR count). The fourth-order valence-electron chi connectivity index (χ4n) is 3.68. The molecular weight excluding hydrogens is 375 g/mol. The molecule has 1 aromatic rings. The lowest BCUT2D eigenvalue weighted by Crippen LogP contribution is -2.61. The molecule has 2 saturated heterocycles. The maximum Gasteiger partial charge on any atom is 0.276 e. The minimum Gasteiger partial charge on any atom is -0.379 e. The molecular formula is C17H25FN4O4S. The highest BCUT2D eigenvalue weighted by Gasteiger charge is 2.43. The first-order chi connectivity index (χ1) is 12.7. The van der Waals surface area contributed by atoms with E-state index in [2.05, 4.69) is 0 Å². The van der Waals surface area contributed by atoms with Gasteiger partial charge in [-0.2, -0.15) is 12.7 Å². The molecule has 0 aliphatic carbocycles. The molecule has 0 spiro atoms. The second-order valence-electron chi connectivity index (χ2n) is 7.21. The largest absolute Gasteiger partial charge is 0.379 e. The molecule has 10 heteroatoms. The van der Waals surface area contributed by atoms with Crippen LogP contribution < -0.4 is 5.14 Å². The Bertz CT molecular complexity index is 781. The number of β-amino-alcohol motifs (C(OH)–C–C–N with tert-alkyl or cyclic N) is 1. The topological polar surface area (TPSA) is 107 Å². The highest BCUT2D eigenvalue weighted by Crippen LogP contribution is 2.26. The number of piperidine rings is 1. The van der Waals surface area contributed by atoms with E-state index in [9.17, 15) is 22.7 Å². The van der Waals surface area contributed by atoms with Crippen LogP contribution in [0, 0.1) is 5.82 Å². The van der Waals surface area contributed by atoms with Crippen molar-refractivity contribution in [3.05, 3.63) is 35.6 Å². The van der Waals surface area contributed by atoms with Crippen LogP contribution in [0.5, 0.6) is 0 Å². The summed E-state index contributed by atoms with van der Waals surface area (Å²) in [7, 11) is -3.71. The molecule has 0 saturated carbocycles. The van der Waals surface area contributed by atoms with Crippen LogP contribution >= 0.6 is 0 Å². The summed E-state index contributed by atoms with van der Waals surface area (Å²) in [4.78, 5) is 16.3. The number of carbonyl (C=O) groups is 1.